The van der Waals surface area contributed by atoms with E-state index in [1.54, 1.807) is 0 Å². The summed E-state index contributed by atoms with van der Waals surface area (Å²) in [5.41, 5.74) is 0. The number of rotatable bonds is 8. The number of ether oxygens (including phenoxy) is 1. The Balaban J connectivity index is 4.70. The van der Waals surface area contributed by atoms with Crippen LogP contribution in [0, 0.1) is 5.92 Å². The lowest BCUT2D eigenvalue weighted by atomic mass is 10.0. The van der Waals surface area contributed by atoms with E-state index < -0.39 is 24.0 Å². The van der Waals surface area contributed by atoms with Crippen LogP contribution in [0.1, 0.15) is 33.6 Å². The van der Waals surface area contributed by atoms with E-state index in [2.05, 4.69) is 10.1 Å². The van der Waals surface area contributed by atoms with E-state index in [0.29, 0.717) is 19.4 Å². The van der Waals surface area contributed by atoms with Crippen molar-refractivity contribution < 1.29 is 24.2 Å². The van der Waals surface area contributed by atoms with E-state index in [1.807, 2.05) is 20.8 Å². The maximum atomic E-state index is 12.0. The normalized spacial score (nSPS) is 11.8. The van der Waals surface area contributed by atoms with Crippen LogP contribution in [0.2, 0.25) is 0 Å². The first-order valence-corrected chi connectivity index (χ1v) is 6.66. The van der Waals surface area contributed by atoms with E-state index in [-0.39, 0.29) is 12.5 Å². The molecule has 0 aromatic heterocycles. The Morgan fingerprint density at radius 2 is 1.90 bits per heavy atom. The van der Waals surface area contributed by atoms with Gasteiger partial charge in [0.05, 0.1) is 7.11 Å². The molecule has 0 aliphatic carbocycles. The molecule has 0 bridgehead atoms. The van der Waals surface area contributed by atoms with Crippen molar-refractivity contribution in [3.63, 3.8) is 0 Å². The monoisotopic (exact) mass is 288 g/mol. The number of aliphatic carboxylic acids is 1. The highest BCUT2D eigenvalue weighted by Crippen LogP contribution is 2.06. The van der Waals surface area contributed by atoms with Crippen molar-refractivity contribution in [2.24, 2.45) is 5.92 Å². The quantitative estimate of drug-likeness (QED) is 0.652. The average molecular weight is 288 g/mol. The first kappa shape index (κ1) is 18.2. The lowest BCUT2D eigenvalue weighted by Gasteiger charge is -2.24. The molecule has 0 aromatic carbocycles. The van der Waals surface area contributed by atoms with Gasteiger partial charge in [0.1, 0.15) is 12.6 Å². The molecule has 2 N–H and O–H groups in total. The molecule has 7 nitrogen and oxygen atoms in total. The third-order valence-electron chi connectivity index (χ3n) is 2.63. The van der Waals surface area contributed by atoms with Crippen molar-refractivity contribution in [3.8, 4) is 0 Å². The minimum atomic E-state index is -1.08. The van der Waals surface area contributed by atoms with E-state index in [9.17, 15) is 14.4 Å². The minimum Gasteiger partial charge on any atom is -0.480 e. The molecule has 7 heteroatoms. The number of methoxy groups -OCH3 is 1. The van der Waals surface area contributed by atoms with Crippen LogP contribution in [0.3, 0.4) is 0 Å². The second-order valence-electron chi connectivity index (χ2n) is 4.97. The Morgan fingerprint density at radius 3 is 2.30 bits per heavy atom. The topological polar surface area (TPSA) is 95.9 Å². The van der Waals surface area contributed by atoms with Crippen LogP contribution in [0.25, 0.3) is 0 Å². The number of carbonyl (C=O) groups excluding carboxylic acids is 2. The molecule has 0 heterocycles. The van der Waals surface area contributed by atoms with Crippen molar-refractivity contribution in [2.75, 3.05) is 20.2 Å². The van der Waals surface area contributed by atoms with Gasteiger partial charge in [-0.25, -0.2) is 9.59 Å². The van der Waals surface area contributed by atoms with Crippen molar-refractivity contribution in [2.45, 2.75) is 39.7 Å². The van der Waals surface area contributed by atoms with Crippen LogP contribution in [-0.4, -0.2) is 54.2 Å². The highest BCUT2D eigenvalue weighted by atomic mass is 16.5. The Hall–Kier alpha value is -1.79. The highest BCUT2D eigenvalue weighted by molar-refractivity contribution is 5.85. The summed E-state index contributed by atoms with van der Waals surface area (Å²) in [6.45, 7) is 5.78. The maximum Gasteiger partial charge on any atom is 0.326 e. The lowest BCUT2D eigenvalue weighted by molar-refractivity contribution is -0.141. The van der Waals surface area contributed by atoms with Crippen molar-refractivity contribution in [1.29, 1.82) is 0 Å². The van der Waals surface area contributed by atoms with Gasteiger partial charge in [-0.15, -0.1) is 0 Å². The molecule has 0 aliphatic heterocycles. The van der Waals surface area contributed by atoms with Gasteiger partial charge in [0.25, 0.3) is 0 Å². The molecule has 0 radical (unpaired) electrons. The van der Waals surface area contributed by atoms with E-state index >= 15 is 0 Å². The molecule has 0 saturated carbocycles. The fourth-order valence-electron chi connectivity index (χ4n) is 1.68. The number of urea groups is 1. The number of carboxylic acid groups (broad SMARTS) is 1. The van der Waals surface area contributed by atoms with Crippen molar-refractivity contribution >= 4 is 18.0 Å². The van der Waals surface area contributed by atoms with Gasteiger partial charge in [-0.1, -0.05) is 20.8 Å². The smallest absolute Gasteiger partial charge is 0.326 e. The summed E-state index contributed by atoms with van der Waals surface area (Å²) in [6.07, 6.45) is 0.992. The van der Waals surface area contributed by atoms with Crippen LogP contribution < -0.4 is 5.32 Å². The third-order valence-corrected chi connectivity index (χ3v) is 2.63. The number of carbonyl (C=O) groups is 3. The van der Waals surface area contributed by atoms with Gasteiger partial charge in [0, 0.05) is 6.54 Å². The fourth-order valence-corrected chi connectivity index (χ4v) is 1.68. The summed E-state index contributed by atoms with van der Waals surface area (Å²) >= 11 is 0. The van der Waals surface area contributed by atoms with Crippen LogP contribution in [0.15, 0.2) is 0 Å². The lowest BCUT2D eigenvalue weighted by Crippen LogP contribution is -2.50. The zero-order valence-electron chi connectivity index (χ0n) is 12.5. The number of carboxylic acids is 1. The maximum absolute atomic E-state index is 12.0. The molecule has 0 unspecified atom stereocenters. The van der Waals surface area contributed by atoms with Crippen LogP contribution in [0.4, 0.5) is 4.79 Å². The molecule has 2 amide bonds. The second-order valence-corrected chi connectivity index (χ2v) is 4.97. The fraction of sp³-hybridized carbons (Fsp3) is 0.769. The standard InChI is InChI=1S/C13H24N2O5/c1-5-6-15(8-11(16)20-4)13(19)14-10(12(17)18)7-9(2)3/h9-10H,5-8H2,1-4H3,(H,14,19)(H,17,18)/t10-/m0/s1. The Bertz CT molecular complexity index is 344. The molecule has 0 spiro atoms. The first-order chi connectivity index (χ1) is 9.31. The predicted molar refractivity (Wildman–Crippen MR) is 73.3 cm³/mol. The summed E-state index contributed by atoms with van der Waals surface area (Å²) in [5, 5.41) is 11.5. The summed E-state index contributed by atoms with van der Waals surface area (Å²) in [4.78, 5) is 35.6. The van der Waals surface area contributed by atoms with Crippen LogP contribution in [0.5, 0.6) is 0 Å². The number of hydrogen-bond acceptors (Lipinski definition) is 4. The number of esters is 1. The largest absolute Gasteiger partial charge is 0.480 e. The summed E-state index contributed by atoms with van der Waals surface area (Å²) in [5.74, 6) is -1.48. The van der Waals surface area contributed by atoms with E-state index in [1.165, 1.54) is 12.0 Å². The molecule has 0 rings (SSSR count). The molecular formula is C13H24N2O5. The molecular weight excluding hydrogens is 264 g/mol. The SMILES string of the molecule is CCCN(CC(=O)OC)C(=O)N[C@@H](CC(C)C)C(=O)O. The predicted octanol–water partition coefficient (Wildman–Crippen LogP) is 1.08. The van der Waals surface area contributed by atoms with Gasteiger partial charge in [-0.05, 0) is 18.8 Å². The zero-order valence-corrected chi connectivity index (χ0v) is 12.5. The van der Waals surface area contributed by atoms with E-state index in [4.69, 9.17) is 5.11 Å². The molecule has 0 aromatic rings. The minimum absolute atomic E-state index is 0.136. The van der Waals surface area contributed by atoms with Crippen LogP contribution >= 0.6 is 0 Å². The Morgan fingerprint density at radius 1 is 1.30 bits per heavy atom. The average Bonchev–Trinajstić information content (AvgIpc) is 2.36. The number of hydrogen-bond donors (Lipinski definition) is 2. The van der Waals surface area contributed by atoms with Gasteiger partial charge < -0.3 is 20.1 Å². The van der Waals surface area contributed by atoms with Crippen molar-refractivity contribution in [1.82, 2.24) is 10.2 Å². The second kappa shape index (κ2) is 9.17. The zero-order chi connectivity index (χ0) is 15.7. The third kappa shape index (κ3) is 6.96. The van der Waals surface area contributed by atoms with Crippen molar-refractivity contribution in [3.05, 3.63) is 0 Å². The summed E-state index contributed by atoms with van der Waals surface area (Å²) < 4.78 is 4.52. The van der Waals surface area contributed by atoms with Gasteiger partial charge >= 0.3 is 18.0 Å². The Kier molecular flexibility index (Phi) is 8.35. The van der Waals surface area contributed by atoms with E-state index in [0.717, 1.165) is 0 Å². The van der Waals surface area contributed by atoms with Crippen LogP contribution in [-0.2, 0) is 14.3 Å². The Labute approximate surface area is 119 Å². The summed E-state index contributed by atoms with van der Waals surface area (Å²) in [6, 6.07) is -1.52. The van der Waals surface area contributed by atoms with Gasteiger partial charge in [0.2, 0.25) is 0 Å². The molecule has 20 heavy (non-hydrogen) atoms. The highest BCUT2D eigenvalue weighted by Gasteiger charge is 2.24. The molecule has 0 saturated heterocycles. The molecule has 0 aliphatic rings. The van der Waals surface area contributed by atoms with Gasteiger partial charge in [-0.2, -0.15) is 0 Å². The number of nitrogens with one attached hydrogen (secondary N) is 1. The van der Waals surface area contributed by atoms with Gasteiger partial charge in [-0.3, -0.25) is 4.79 Å². The molecule has 0 fully saturated rings. The summed E-state index contributed by atoms with van der Waals surface area (Å²) in [7, 11) is 1.24. The van der Waals surface area contributed by atoms with Gasteiger partial charge in [0.15, 0.2) is 0 Å². The molecule has 1 atom stereocenters. The number of nitrogens with zero attached hydrogens (tertiary/aromatic N) is 1. The first-order valence-electron chi connectivity index (χ1n) is 6.66. The molecule has 116 valence electrons. The number of amides is 2.